The number of nitrogens with one attached hydrogen (secondary N) is 1. The molecule has 0 spiro atoms. The molecular weight excluding hydrogens is 395 g/mol. The number of hydrogen-bond donors (Lipinski definition) is 1. The Hall–Kier alpha value is -2.92. The molecule has 1 aliphatic rings. The monoisotopic (exact) mass is 416 g/mol. The number of aryl methyl sites for hydroxylation is 1. The minimum atomic E-state index is -1.05. The van der Waals surface area contributed by atoms with E-state index < -0.39 is 30.4 Å². The summed E-state index contributed by atoms with van der Waals surface area (Å²) in [6.07, 6.45) is 3.96. The number of carbonyl (C=O) groups excluding carboxylic acids is 2. The minimum absolute atomic E-state index is 0.319. The lowest BCUT2D eigenvalue weighted by Crippen LogP contribution is -2.31. The molecule has 1 heterocycles. The molecule has 0 radical (unpaired) electrons. The molecular formula is C21H21FN2O4S. The van der Waals surface area contributed by atoms with Gasteiger partial charge in [0.25, 0.3) is 5.91 Å². The Morgan fingerprint density at radius 2 is 1.97 bits per heavy atom. The number of anilines is 1. The third-order valence-corrected chi connectivity index (χ3v) is 5.82. The lowest BCUT2D eigenvalue weighted by atomic mass is 10.1. The van der Waals surface area contributed by atoms with Gasteiger partial charge in [-0.1, -0.05) is 6.42 Å². The van der Waals surface area contributed by atoms with Crippen molar-refractivity contribution in [2.45, 2.75) is 45.1 Å². The molecule has 1 aromatic carbocycles. The summed E-state index contributed by atoms with van der Waals surface area (Å²) in [6, 6.07) is 7.41. The second-order valence-electron chi connectivity index (χ2n) is 6.74. The molecule has 1 amide bonds. The molecule has 8 heteroatoms. The SMILES string of the molecule is C[C@H](OC(=O)COc1ccc(F)cc1)C(=O)Nc1sc2c(c1C#N)CCCCC2. The van der Waals surface area contributed by atoms with E-state index in [0.717, 1.165) is 42.5 Å². The highest BCUT2D eigenvalue weighted by Gasteiger charge is 2.24. The first-order chi connectivity index (χ1) is 14.0. The van der Waals surface area contributed by atoms with Gasteiger partial charge in [0.15, 0.2) is 12.7 Å². The van der Waals surface area contributed by atoms with Crippen LogP contribution in [0.3, 0.4) is 0 Å². The molecule has 6 nitrogen and oxygen atoms in total. The van der Waals surface area contributed by atoms with Gasteiger partial charge in [-0.25, -0.2) is 9.18 Å². The van der Waals surface area contributed by atoms with Crippen LogP contribution < -0.4 is 10.1 Å². The Labute approximate surface area is 172 Å². The Balaban J connectivity index is 1.56. The molecule has 0 aliphatic heterocycles. The van der Waals surface area contributed by atoms with Crippen molar-refractivity contribution in [2.75, 3.05) is 11.9 Å². The van der Waals surface area contributed by atoms with Crippen molar-refractivity contribution >= 4 is 28.2 Å². The van der Waals surface area contributed by atoms with E-state index in [1.54, 1.807) is 0 Å². The number of hydrogen-bond acceptors (Lipinski definition) is 6. The van der Waals surface area contributed by atoms with Gasteiger partial charge < -0.3 is 14.8 Å². The molecule has 1 N–H and O–H groups in total. The number of rotatable bonds is 6. The van der Waals surface area contributed by atoms with E-state index in [-0.39, 0.29) is 0 Å². The van der Waals surface area contributed by atoms with E-state index >= 15 is 0 Å². The zero-order chi connectivity index (χ0) is 20.8. The van der Waals surface area contributed by atoms with Crippen LogP contribution in [0.5, 0.6) is 5.75 Å². The number of amides is 1. The van der Waals surface area contributed by atoms with E-state index in [9.17, 15) is 19.2 Å². The lowest BCUT2D eigenvalue weighted by molar-refractivity contribution is -0.155. The number of thiophene rings is 1. The maximum atomic E-state index is 12.9. The van der Waals surface area contributed by atoms with E-state index in [2.05, 4.69) is 11.4 Å². The zero-order valence-electron chi connectivity index (χ0n) is 16.0. The van der Waals surface area contributed by atoms with E-state index in [4.69, 9.17) is 9.47 Å². The fourth-order valence-corrected chi connectivity index (χ4v) is 4.36. The standard InChI is InChI=1S/C21H21FN2O4S/c1-13(28-19(25)12-27-15-9-7-14(22)8-10-15)20(26)24-21-17(11-23)16-5-3-2-4-6-18(16)29-21/h7-10,13H,2-6,12H2,1H3,(H,24,26)/t13-/m0/s1. The maximum absolute atomic E-state index is 12.9. The predicted molar refractivity (Wildman–Crippen MR) is 106 cm³/mol. The molecule has 0 bridgehead atoms. The van der Waals surface area contributed by atoms with Crippen LogP contribution in [0.15, 0.2) is 24.3 Å². The number of ether oxygens (including phenoxy) is 2. The van der Waals surface area contributed by atoms with Crippen molar-refractivity contribution in [3.8, 4) is 11.8 Å². The minimum Gasteiger partial charge on any atom is -0.482 e. The van der Waals surface area contributed by atoms with E-state index in [1.165, 1.54) is 42.5 Å². The maximum Gasteiger partial charge on any atom is 0.344 e. The fraction of sp³-hybridized carbons (Fsp3) is 0.381. The van der Waals surface area contributed by atoms with Crippen LogP contribution in [-0.4, -0.2) is 24.6 Å². The lowest BCUT2D eigenvalue weighted by Gasteiger charge is -2.13. The zero-order valence-corrected chi connectivity index (χ0v) is 16.8. The van der Waals surface area contributed by atoms with Crippen molar-refractivity contribution in [1.29, 1.82) is 5.26 Å². The van der Waals surface area contributed by atoms with Gasteiger partial charge in [-0.3, -0.25) is 4.79 Å². The summed E-state index contributed by atoms with van der Waals surface area (Å²) in [6.45, 7) is 1.05. The average Bonchev–Trinajstić information content (AvgIpc) is 2.86. The molecule has 0 unspecified atom stereocenters. The van der Waals surface area contributed by atoms with Crippen LogP contribution >= 0.6 is 11.3 Å². The number of halogens is 1. The normalized spacial score (nSPS) is 14.1. The summed E-state index contributed by atoms with van der Waals surface area (Å²) in [5, 5.41) is 12.8. The third-order valence-electron chi connectivity index (χ3n) is 4.62. The highest BCUT2D eigenvalue weighted by molar-refractivity contribution is 7.16. The molecule has 0 fully saturated rings. The largest absolute Gasteiger partial charge is 0.482 e. The van der Waals surface area contributed by atoms with Gasteiger partial charge in [0, 0.05) is 4.88 Å². The predicted octanol–water partition coefficient (Wildman–Crippen LogP) is 3.98. The molecule has 29 heavy (non-hydrogen) atoms. The molecule has 1 aromatic heterocycles. The van der Waals surface area contributed by atoms with Gasteiger partial charge in [-0.05, 0) is 62.4 Å². The van der Waals surface area contributed by atoms with Gasteiger partial charge in [0.1, 0.15) is 22.6 Å². The number of benzene rings is 1. The first kappa shape index (κ1) is 20.8. The number of esters is 1. The van der Waals surface area contributed by atoms with Crippen LogP contribution in [0.25, 0.3) is 0 Å². The molecule has 1 aliphatic carbocycles. The topological polar surface area (TPSA) is 88.4 Å². The average molecular weight is 416 g/mol. The van der Waals surface area contributed by atoms with Crippen LogP contribution in [0.4, 0.5) is 9.39 Å². The Kier molecular flexibility index (Phi) is 6.83. The van der Waals surface area contributed by atoms with Crippen molar-refractivity contribution in [3.63, 3.8) is 0 Å². The van der Waals surface area contributed by atoms with Crippen molar-refractivity contribution in [1.82, 2.24) is 0 Å². The van der Waals surface area contributed by atoms with Crippen LogP contribution in [0.2, 0.25) is 0 Å². The second kappa shape index (κ2) is 9.52. The highest BCUT2D eigenvalue weighted by Crippen LogP contribution is 2.37. The van der Waals surface area contributed by atoms with E-state index in [1.807, 2.05) is 0 Å². The summed E-state index contributed by atoms with van der Waals surface area (Å²) >= 11 is 1.42. The van der Waals surface area contributed by atoms with Gasteiger partial charge >= 0.3 is 5.97 Å². The number of fused-ring (bicyclic) bond motifs is 1. The van der Waals surface area contributed by atoms with Gasteiger partial charge in [-0.2, -0.15) is 5.26 Å². The highest BCUT2D eigenvalue weighted by atomic mass is 32.1. The number of carbonyl (C=O) groups is 2. The molecule has 1 atom stereocenters. The van der Waals surface area contributed by atoms with Gasteiger partial charge in [-0.15, -0.1) is 11.3 Å². The van der Waals surface area contributed by atoms with E-state index in [0.29, 0.717) is 16.3 Å². The summed E-state index contributed by atoms with van der Waals surface area (Å²) in [7, 11) is 0. The Morgan fingerprint density at radius 3 is 2.69 bits per heavy atom. The fourth-order valence-electron chi connectivity index (χ4n) is 3.12. The van der Waals surface area contributed by atoms with Gasteiger partial charge in [0.05, 0.1) is 5.56 Å². The van der Waals surface area contributed by atoms with Gasteiger partial charge in [0.2, 0.25) is 0 Å². The summed E-state index contributed by atoms with van der Waals surface area (Å²) in [5.41, 5.74) is 1.54. The van der Waals surface area contributed by atoms with Crippen LogP contribution in [0, 0.1) is 17.1 Å². The second-order valence-corrected chi connectivity index (χ2v) is 7.85. The quantitative estimate of drug-likeness (QED) is 0.568. The summed E-state index contributed by atoms with van der Waals surface area (Å²) in [4.78, 5) is 25.5. The Bertz CT molecular complexity index is 933. The van der Waals surface area contributed by atoms with Crippen molar-refractivity contribution < 1.29 is 23.5 Å². The number of nitriles is 1. The molecule has 3 rings (SSSR count). The first-order valence-electron chi connectivity index (χ1n) is 9.41. The van der Waals surface area contributed by atoms with Crippen LogP contribution in [0.1, 0.15) is 42.2 Å². The molecule has 0 saturated carbocycles. The summed E-state index contributed by atoms with van der Waals surface area (Å²) in [5.74, 6) is -1.32. The van der Waals surface area contributed by atoms with Crippen LogP contribution in [-0.2, 0) is 27.2 Å². The Morgan fingerprint density at radius 1 is 1.24 bits per heavy atom. The molecule has 152 valence electrons. The first-order valence-corrected chi connectivity index (χ1v) is 10.2. The number of nitrogens with zero attached hydrogens (tertiary/aromatic N) is 1. The molecule has 0 saturated heterocycles. The smallest absolute Gasteiger partial charge is 0.344 e. The third kappa shape index (κ3) is 5.33. The summed E-state index contributed by atoms with van der Waals surface area (Å²) < 4.78 is 23.2. The van der Waals surface area contributed by atoms with Crippen molar-refractivity contribution in [2.24, 2.45) is 0 Å². The molecule has 2 aromatic rings. The van der Waals surface area contributed by atoms with Crippen molar-refractivity contribution in [3.05, 3.63) is 46.1 Å².